The van der Waals surface area contributed by atoms with Crippen molar-refractivity contribution in [1.82, 2.24) is 29.9 Å². The van der Waals surface area contributed by atoms with Gasteiger partial charge in [0.1, 0.15) is 24.2 Å². The Morgan fingerprint density at radius 2 is 1.79 bits per heavy atom. The minimum absolute atomic E-state index is 0.171. The maximum Gasteiger partial charge on any atom is 0.174 e. The molecule has 0 saturated carbocycles. The highest BCUT2D eigenvalue weighted by atomic mass is 32.1. The van der Waals surface area contributed by atoms with Crippen LogP contribution in [0, 0.1) is 13.8 Å². The Morgan fingerprint density at radius 1 is 1.00 bits per heavy atom. The van der Waals surface area contributed by atoms with Gasteiger partial charge in [-0.05, 0) is 56.4 Å². The third kappa shape index (κ3) is 3.56. The van der Waals surface area contributed by atoms with E-state index in [0.29, 0.717) is 16.6 Å². The highest BCUT2D eigenvalue weighted by Gasteiger charge is 2.43. The van der Waals surface area contributed by atoms with Gasteiger partial charge in [-0.15, -0.1) is 10.2 Å². The molecule has 1 N–H and O–H groups in total. The van der Waals surface area contributed by atoms with E-state index in [9.17, 15) is 0 Å². The Bertz CT molecular complexity index is 1320. The molecule has 2 atom stereocenters. The fraction of sp³-hybridized carbons (Fsp3) is 0.250. The number of hydrogen-bond acceptors (Lipinski definition) is 6. The van der Waals surface area contributed by atoms with Crippen LogP contribution in [-0.4, -0.2) is 43.9 Å². The Balaban J connectivity index is 1.70. The van der Waals surface area contributed by atoms with E-state index in [1.807, 2.05) is 41.1 Å². The molecule has 34 heavy (non-hydrogen) atoms. The number of benzene rings is 1. The zero-order valence-corrected chi connectivity index (χ0v) is 20.2. The summed E-state index contributed by atoms with van der Waals surface area (Å²) < 4.78 is 15.1. The number of anilines is 1. The topological polar surface area (TPSA) is 82.3 Å². The summed E-state index contributed by atoms with van der Waals surface area (Å²) in [6.45, 7) is 4.15. The normalized spacial score (nSPS) is 17.6. The van der Waals surface area contributed by atoms with Crippen LogP contribution in [0.2, 0.25) is 0 Å². The minimum atomic E-state index is -0.180. The highest BCUT2D eigenvalue weighted by Crippen LogP contribution is 2.46. The molecule has 10 heteroatoms. The largest absolute Gasteiger partial charge is 0.497 e. The molecule has 174 valence electrons. The zero-order chi connectivity index (χ0) is 23.8. The number of nitrogens with one attached hydrogen (secondary N) is 1. The number of methoxy groups -OCH3 is 2. The molecule has 9 nitrogen and oxygen atoms in total. The standard InChI is InChI=1S/C24H25N7O2S/c1-15-11-18(16(2)31(15)29-13-26-27-14-29)23-22(19-7-5-6-10-25-19)28-24(34)30(23)20-9-8-17(32-3)12-21(20)33-4/h5-14,22-23H,1-4H3,(H,28,34). The van der Waals surface area contributed by atoms with Crippen molar-refractivity contribution in [2.75, 3.05) is 19.1 Å². The van der Waals surface area contributed by atoms with Crippen LogP contribution < -0.4 is 19.7 Å². The quantitative estimate of drug-likeness (QED) is 0.424. The number of pyridine rings is 1. The molecule has 1 fully saturated rings. The summed E-state index contributed by atoms with van der Waals surface area (Å²) in [4.78, 5) is 6.75. The Hall–Kier alpha value is -3.92. The van der Waals surface area contributed by atoms with Crippen LogP contribution in [0.3, 0.4) is 0 Å². The van der Waals surface area contributed by atoms with Crippen LogP contribution >= 0.6 is 12.2 Å². The number of nitrogens with zero attached hydrogens (tertiary/aromatic N) is 6. The van der Waals surface area contributed by atoms with Gasteiger partial charge in [-0.1, -0.05) is 6.07 Å². The molecule has 1 aliphatic rings. The predicted octanol–water partition coefficient (Wildman–Crippen LogP) is 3.60. The molecule has 4 heterocycles. The third-order valence-electron chi connectivity index (χ3n) is 6.13. The van der Waals surface area contributed by atoms with Gasteiger partial charge in [0.2, 0.25) is 0 Å². The summed E-state index contributed by atoms with van der Waals surface area (Å²) in [6.07, 6.45) is 5.16. The monoisotopic (exact) mass is 475 g/mol. The smallest absolute Gasteiger partial charge is 0.174 e. The first kappa shape index (κ1) is 21.9. The summed E-state index contributed by atoms with van der Waals surface area (Å²) in [6, 6.07) is 13.5. The Kier molecular flexibility index (Phi) is 5.66. The second-order valence-electron chi connectivity index (χ2n) is 8.01. The average molecular weight is 476 g/mol. The third-order valence-corrected chi connectivity index (χ3v) is 6.45. The SMILES string of the molecule is COc1ccc(N2C(=S)NC(c3ccccn3)C2c2cc(C)n(-n3cnnc3)c2C)c(OC)c1. The van der Waals surface area contributed by atoms with Crippen molar-refractivity contribution in [3.8, 4) is 11.5 Å². The lowest BCUT2D eigenvalue weighted by molar-refractivity contribution is 0.394. The lowest BCUT2D eigenvalue weighted by Crippen LogP contribution is -2.30. The van der Waals surface area contributed by atoms with E-state index in [2.05, 4.69) is 50.0 Å². The van der Waals surface area contributed by atoms with E-state index < -0.39 is 0 Å². The zero-order valence-electron chi connectivity index (χ0n) is 19.3. The minimum Gasteiger partial charge on any atom is -0.497 e. The van der Waals surface area contributed by atoms with Crippen molar-refractivity contribution in [2.24, 2.45) is 0 Å². The molecule has 0 bridgehead atoms. The van der Waals surface area contributed by atoms with Crippen LogP contribution in [0.4, 0.5) is 5.69 Å². The Labute approximate surface area is 202 Å². The van der Waals surface area contributed by atoms with Gasteiger partial charge < -0.3 is 19.7 Å². The van der Waals surface area contributed by atoms with E-state index in [-0.39, 0.29) is 12.1 Å². The van der Waals surface area contributed by atoms with Crippen LogP contribution in [0.5, 0.6) is 11.5 Å². The van der Waals surface area contributed by atoms with Crippen molar-refractivity contribution in [3.05, 3.63) is 84.0 Å². The molecule has 0 radical (unpaired) electrons. The van der Waals surface area contributed by atoms with Gasteiger partial charge in [-0.3, -0.25) is 9.66 Å². The number of hydrogen-bond donors (Lipinski definition) is 1. The van der Waals surface area contributed by atoms with E-state index >= 15 is 0 Å². The predicted molar refractivity (Wildman–Crippen MR) is 132 cm³/mol. The molecular formula is C24H25N7O2S. The first-order chi connectivity index (χ1) is 16.5. The molecule has 3 aromatic heterocycles. The van der Waals surface area contributed by atoms with E-state index in [1.165, 1.54) is 0 Å². The van der Waals surface area contributed by atoms with Crippen molar-refractivity contribution in [1.29, 1.82) is 0 Å². The van der Waals surface area contributed by atoms with Gasteiger partial charge in [0.15, 0.2) is 5.11 Å². The van der Waals surface area contributed by atoms with Gasteiger partial charge in [0.05, 0.1) is 37.7 Å². The maximum absolute atomic E-state index is 5.88. The van der Waals surface area contributed by atoms with Crippen LogP contribution in [0.15, 0.2) is 61.3 Å². The molecular weight excluding hydrogens is 450 g/mol. The second-order valence-corrected chi connectivity index (χ2v) is 8.40. The van der Waals surface area contributed by atoms with Crippen LogP contribution in [-0.2, 0) is 0 Å². The molecule has 2 unspecified atom stereocenters. The van der Waals surface area contributed by atoms with E-state index in [0.717, 1.165) is 28.3 Å². The van der Waals surface area contributed by atoms with Crippen molar-refractivity contribution in [2.45, 2.75) is 25.9 Å². The van der Waals surface area contributed by atoms with Gasteiger partial charge in [0, 0.05) is 29.2 Å². The Morgan fingerprint density at radius 3 is 2.47 bits per heavy atom. The van der Waals surface area contributed by atoms with Gasteiger partial charge in [-0.2, -0.15) is 0 Å². The van der Waals surface area contributed by atoms with E-state index in [4.69, 9.17) is 21.7 Å². The number of aromatic nitrogens is 5. The van der Waals surface area contributed by atoms with Crippen molar-refractivity contribution >= 4 is 23.0 Å². The molecule has 0 aliphatic carbocycles. The number of ether oxygens (including phenoxy) is 2. The fourth-order valence-corrected chi connectivity index (χ4v) is 4.98. The van der Waals surface area contributed by atoms with Crippen LogP contribution in [0.25, 0.3) is 0 Å². The lowest BCUT2D eigenvalue weighted by atomic mass is 9.96. The number of rotatable bonds is 6. The van der Waals surface area contributed by atoms with Gasteiger partial charge >= 0.3 is 0 Å². The first-order valence-corrected chi connectivity index (χ1v) is 11.2. The van der Waals surface area contributed by atoms with Gasteiger partial charge in [0.25, 0.3) is 0 Å². The fourth-order valence-electron chi connectivity index (χ4n) is 4.65. The molecule has 0 spiro atoms. The van der Waals surface area contributed by atoms with Crippen molar-refractivity contribution in [3.63, 3.8) is 0 Å². The first-order valence-electron chi connectivity index (χ1n) is 10.8. The molecule has 4 aromatic rings. The molecule has 5 rings (SSSR count). The summed E-state index contributed by atoms with van der Waals surface area (Å²) >= 11 is 5.88. The summed E-state index contributed by atoms with van der Waals surface area (Å²) in [5, 5.41) is 12.0. The second kappa shape index (κ2) is 8.79. The van der Waals surface area contributed by atoms with E-state index in [1.54, 1.807) is 33.1 Å². The summed E-state index contributed by atoms with van der Waals surface area (Å²) in [7, 11) is 3.28. The van der Waals surface area contributed by atoms with Gasteiger partial charge in [-0.25, -0.2) is 4.68 Å². The number of aryl methyl sites for hydroxylation is 1. The van der Waals surface area contributed by atoms with Crippen molar-refractivity contribution < 1.29 is 9.47 Å². The molecule has 1 aliphatic heterocycles. The lowest BCUT2D eigenvalue weighted by Gasteiger charge is -2.29. The highest BCUT2D eigenvalue weighted by molar-refractivity contribution is 7.80. The number of thiocarbonyl (C=S) groups is 1. The molecule has 0 amide bonds. The molecule has 1 aromatic carbocycles. The summed E-state index contributed by atoms with van der Waals surface area (Å²) in [5.74, 6) is 1.38. The molecule has 1 saturated heterocycles. The average Bonchev–Trinajstić information content (AvgIpc) is 3.57. The van der Waals surface area contributed by atoms with Crippen LogP contribution in [0.1, 0.15) is 34.7 Å². The maximum atomic E-state index is 5.88. The summed E-state index contributed by atoms with van der Waals surface area (Å²) in [5.41, 5.74) is 4.95.